The van der Waals surface area contributed by atoms with Crippen molar-refractivity contribution < 1.29 is 24.2 Å². The van der Waals surface area contributed by atoms with Crippen molar-refractivity contribution in [2.45, 2.75) is 13.0 Å². The van der Waals surface area contributed by atoms with Gasteiger partial charge in [0, 0.05) is 0 Å². The second-order valence-corrected chi connectivity index (χ2v) is 3.33. The standard InChI is InChI=1S/C11H13NO5/c1-6(10(12)13)17-9-4-3-7(16-2)5-8(9)11(14)15/h3-6H,1-2H3,(H2,12,13)(H,14,15). The lowest BCUT2D eigenvalue weighted by Crippen LogP contribution is -2.31. The molecule has 0 saturated carbocycles. The molecule has 6 heteroatoms. The highest BCUT2D eigenvalue weighted by Gasteiger charge is 2.17. The van der Waals surface area contributed by atoms with Gasteiger partial charge in [0.15, 0.2) is 6.10 Å². The lowest BCUT2D eigenvalue weighted by molar-refractivity contribution is -0.124. The summed E-state index contributed by atoms with van der Waals surface area (Å²) in [4.78, 5) is 21.8. The van der Waals surface area contributed by atoms with Gasteiger partial charge < -0.3 is 20.3 Å². The fourth-order valence-electron chi connectivity index (χ4n) is 1.15. The smallest absolute Gasteiger partial charge is 0.339 e. The van der Waals surface area contributed by atoms with Crippen LogP contribution in [0.5, 0.6) is 11.5 Å². The molecule has 92 valence electrons. The number of hydrogen-bond donors (Lipinski definition) is 2. The first-order valence-electron chi connectivity index (χ1n) is 4.83. The molecule has 1 aromatic carbocycles. The molecule has 0 radical (unpaired) electrons. The summed E-state index contributed by atoms with van der Waals surface area (Å²) in [6.45, 7) is 1.44. The number of carboxylic acids is 1. The predicted octanol–water partition coefficient (Wildman–Crippen LogP) is 0.646. The monoisotopic (exact) mass is 239 g/mol. The maximum atomic E-state index is 11.0. The summed E-state index contributed by atoms with van der Waals surface area (Å²) in [5.74, 6) is -1.38. The summed E-state index contributed by atoms with van der Waals surface area (Å²) in [5, 5.41) is 8.99. The summed E-state index contributed by atoms with van der Waals surface area (Å²) in [6, 6.07) is 4.27. The molecule has 1 aromatic rings. The minimum Gasteiger partial charge on any atom is -0.497 e. The van der Waals surface area contributed by atoms with Crippen LogP contribution in [-0.2, 0) is 4.79 Å². The maximum absolute atomic E-state index is 11.0. The van der Waals surface area contributed by atoms with Gasteiger partial charge in [-0.25, -0.2) is 4.79 Å². The fraction of sp³-hybridized carbons (Fsp3) is 0.273. The van der Waals surface area contributed by atoms with Crippen molar-refractivity contribution in [2.24, 2.45) is 5.73 Å². The van der Waals surface area contributed by atoms with E-state index in [2.05, 4.69) is 0 Å². The minimum absolute atomic E-state index is 0.0737. The average Bonchev–Trinajstić information content (AvgIpc) is 2.29. The van der Waals surface area contributed by atoms with Gasteiger partial charge in [-0.05, 0) is 25.1 Å². The van der Waals surface area contributed by atoms with Crippen LogP contribution >= 0.6 is 0 Å². The third kappa shape index (κ3) is 3.10. The Bertz CT molecular complexity index is 443. The maximum Gasteiger partial charge on any atom is 0.339 e. The number of methoxy groups -OCH3 is 1. The van der Waals surface area contributed by atoms with E-state index in [-0.39, 0.29) is 11.3 Å². The summed E-state index contributed by atoms with van der Waals surface area (Å²) in [5.41, 5.74) is 4.94. The lowest BCUT2D eigenvalue weighted by atomic mass is 10.2. The first kappa shape index (κ1) is 12.8. The van der Waals surface area contributed by atoms with Crippen molar-refractivity contribution in [3.63, 3.8) is 0 Å². The van der Waals surface area contributed by atoms with Gasteiger partial charge in [-0.2, -0.15) is 0 Å². The zero-order valence-corrected chi connectivity index (χ0v) is 9.47. The Kier molecular flexibility index (Phi) is 3.92. The molecule has 0 aliphatic heterocycles. The number of hydrogen-bond acceptors (Lipinski definition) is 4. The molecule has 0 spiro atoms. The Morgan fingerprint density at radius 1 is 1.41 bits per heavy atom. The topological polar surface area (TPSA) is 98.9 Å². The summed E-state index contributed by atoms with van der Waals surface area (Å²) in [6.07, 6.45) is -0.901. The molecular weight excluding hydrogens is 226 g/mol. The van der Waals surface area contributed by atoms with Crippen LogP contribution in [-0.4, -0.2) is 30.2 Å². The molecule has 0 aromatic heterocycles. The quantitative estimate of drug-likeness (QED) is 0.785. The number of nitrogens with two attached hydrogens (primary N) is 1. The van der Waals surface area contributed by atoms with Crippen molar-refractivity contribution >= 4 is 11.9 Å². The van der Waals surface area contributed by atoms with E-state index in [1.165, 1.54) is 32.2 Å². The number of benzene rings is 1. The van der Waals surface area contributed by atoms with E-state index in [1.54, 1.807) is 0 Å². The van der Waals surface area contributed by atoms with E-state index in [1.807, 2.05) is 0 Å². The number of primary amides is 1. The van der Waals surface area contributed by atoms with Crippen LogP contribution in [0.15, 0.2) is 18.2 Å². The first-order valence-corrected chi connectivity index (χ1v) is 4.83. The molecule has 6 nitrogen and oxygen atoms in total. The van der Waals surface area contributed by atoms with Crippen LogP contribution in [0.25, 0.3) is 0 Å². The SMILES string of the molecule is COc1ccc(OC(C)C(N)=O)c(C(=O)O)c1. The van der Waals surface area contributed by atoms with E-state index in [0.717, 1.165) is 0 Å². The van der Waals surface area contributed by atoms with Gasteiger partial charge in [-0.15, -0.1) is 0 Å². The van der Waals surface area contributed by atoms with Gasteiger partial charge in [0.05, 0.1) is 7.11 Å². The molecule has 1 amide bonds. The molecule has 0 aliphatic carbocycles. The summed E-state index contributed by atoms with van der Waals surface area (Å²) < 4.78 is 10.1. The molecule has 1 atom stereocenters. The van der Waals surface area contributed by atoms with Gasteiger partial charge in [0.1, 0.15) is 17.1 Å². The van der Waals surface area contributed by atoms with Gasteiger partial charge >= 0.3 is 5.97 Å². The number of aromatic carboxylic acids is 1. The van der Waals surface area contributed by atoms with Crippen LogP contribution < -0.4 is 15.2 Å². The summed E-state index contributed by atoms with van der Waals surface area (Å²) >= 11 is 0. The third-order valence-electron chi connectivity index (χ3n) is 2.12. The molecule has 1 unspecified atom stereocenters. The second-order valence-electron chi connectivity index (χ2n) is 3.33. The number of amides is 1. The molecule has 1 rings (SSSR count). The van der Waals surface area contributed by atoms with Gasteiger partial charge in [0.25, 0.3) is 5.91 Å². The van der Waals surface area contributed by atoms with Crippen LogP contribution in [0.1, 0.15) is 17.3 Å². The van der Waals surface area contributed by atoms with Crippen molar-refractivity contribution in [3.8, 4) is 11.5 Å². The Morgan fingerprint density at radius 2 is 2.06 bits per heavy atom. The van der Waals surface area contributed by atoms with E-state index < -0.39 is 18.0 Å². The average molecular weight is 239 g/mol. The zero-order valence-electron chi connectivity index (χ0n) is 9.47. The Balaban J connectivity index is 3.06. The van der Waals surface area contributed by atoms with Crippen molar-refractivity contribution in [1.29, 1.82) is 0 Å². The van der Waals surface area contributed by atoms with Crippen LogP contribution in [0, 0.1) is 0 Å². The lowest BCUT2D eigenvalue weighted by Gasteiger charge is -2.13. The molecule has 0 fully saturated rings. The van der Waals surface area contributed by atoms with E-state index in [9.17, 15) is 9.59 Å². The number of carboxylic acid groups (broad SMARTS) is 1. The van der Waals surface area contributed by atoms with Crippen molar-refractivity contribution in [2.75, 3.05) is 7.11 Å². The highest BCUT2D eigenvalue weighted by atomic mass is 16.5. The first-order chi connectivity index (χ1) is 7.95. The van der Waals surface area contributed by atoms with E-state index >= 15 is 0 Å². The summed E-state index contributed by atoms with van der Waals surface area (Å²) in [7, 11) is 1.42. The van der Waals surface area contributed by atoms with Crippen LogP contribution in [0.2, 0.25) is 0 Å². The van der Waals surface area contributed by atoms with E-state index in [4.69, 9.17) is 20.3 Å². The minimum atomic E-state index is -1.17. The zero-order chi connectivity index (χ0) is 13.0. The molecule has 0 aliphatic rings. The molecule has 0 heterocycles. The Morgan fingerprint density at radius 3 is 2.53 bits per heavy atom. The number of rotatable bonds is 5. The highest BCUT2D eigenvalue weighted by Crippen LogP contribution is 2.25. The van der Waals surface area contributed by atoms with Gasteiger partial charge in [0.2, 0.25) is 0 Å². The fourth-order valence-corrected chi connectivity index (χ4v) is 1.15. The normalized spacial score (nSPS) is 11.6. The highest BCUT2D eigenvalue weighted by molar-refractivity contribution is 5.91. The Labute approximate surface area is 97.9 Å². The number of ether oxygens (including phenoxy) is 2. The third-order valence-corrected chi connectivity index (χ3v) is 2.12. The molecule has 0 saturated heterocycles. The second kappa shape index (κ2) is 5.20. The van der Waals surface area contributed by atoms with Gasteiger partial charge in [-0.1, -0.05) is 0 Å². The molecular formula is C11H13NO5. The number of carbonyl (C=O) groups is 2. The van der Waals surface area contributed by atoms with Crippen molar-refractivity contribution in [3.05, 3.63) is 23.8 Å². The van der Waals surface area contributed by atoms with E-state index in [0.29, 0.717) is 5.75 Å². The number of carbonyl (C=O) groups excluding carboxylic acids is 1. The van der Waals surface area contributed by atoms with Crippen molar-refractivity contribution in [1.82, 2.24) is 0 Å². The largest absolute Gasteiger partial charge is 0.497 e. The van der Waals surface area contributed by atoms with Gasteiger partial charge in [-0.3, -0.25) is 4.79 Å². The molecule has 0 bridgehead atoms. The molecule has 17 heavy (non-hydrogen) atoms. The predicted molar refractivity (Wildman–Crippen MR) is 59.2 cm³/mol. The molecule has 3 N–H and O–H groups in total. The van der Waals surface area contributed by atoms with Crippen LogP contribution in [0.4, 0.5) is 0 Å². The van der Waals surface area contributed by atoms with Crippen LogP contribution in [0.3, 0.4) is 0 Å². The Hall–Kier alpha value is -2.24.